The molecule has 4 amide bonds. The van der Waals surface area contributed by atoms with Gasteiger partial charge in [0.05, 0.1) is 12.6 Å². The lowest BCUT2D eigenvalue weighted by Gasteiger charge is -2.15. The Morgan fingerprint density at radius 2 is 1.55 bits per heavy atom. The summed E-state index contributed by atoms with van der Waals surface area (Å²) in [5.41, 5.74) is 2.24. The Morgan fingerprint density at radius 1 is 0.931 bits per heavy atom. The van der Waals surface area contributed by atoms with Gasteiger partial charge in [-0.1, -0.05) is 30.3 Å². The van der Waals surface area contributed by atoms with E-state index >= 15 is 0 Å². The van der Waals surface area contributed by atoms with Crippen LogP contribution in [0.25, 0.3) is 0 Å². The second-order valence-electron chi connectivity index (χ2n) is 6.25. The van der Waals surface area contributed by atoms with Crippen molar-refractivity contribution in [2.45, 2.75) is 26.3 Å². The summed E-state index contributed by atoms with van der Waals surface area (Å²) in [5.74, 6) is -0.182. The predicted molar refractivity (Wildman–Crippen MR) is 112 cm³/mol. The van der Waals surface area contributed by atoms with Crippen molar-refractivity contribution in [1.29, 1.82) is 0 Å². The Kier molecular flexibility index (Phi) is 8.50. The van der Waals surface area contributed by atoms with Crippen LogP contribution in [0, 0.1) is 0 Å². The normalized spacial score (nSPS) is 11.1. The van der Waals surface area contributed by atoms with E-state index in [4.69, 9.17) is 4.74 Å². The molecule has 0 aliphatic carbocycles. The molecule has 0 aliphatic rings. The molecule has 154 valence electrons. The number of rotatable bonds is 8. The van der Waals surface area contributed by atoms with E-state index < -0.39 is 6.09 Å². The molecule has 2 aromatic rings. The molecule has 0 saturated heterocycles. The number of carbonyl (C=O) groups excluding carboxylic acids is 3. The van der Waals surface area contributed by atoms with Crippen molar-refractivity contribution < 1.29 is 19.1 Å². The number of hydrogen-bond acceptors (Lipinski definition) is 4. The van der Waals surface area contributed by atoms with Crippen LogP contribution in [0.4, 0.5) is 21.0 Å². The van der Waals surface area contributed by atoms with Crippen molar-refractivity contribution >= 4 is 29.4 Å². The Bertz CT molecular complexity index is 809. The Labute approximate surface area is 170 Å². The van der Waals surface area contributed by atoms with Gasteiger partial charge in [0.15, 0.2) is 0 Å². The summed E-state index contributed by atoms with van der Waals surface area (Å²) in [6.07, 6.45) is -0.379. The fraction of sp³-hybridized carbons (Fsp3) is 0.286. The van der Waals surface area contributed by atoms with Crippen molar-refractivity contribution in [2.24, 2.45) is 0 Å². The van der Waals surface area contributed by atoms with Gasteiger partial charge >= 0.3 is 12.1 Å². The number of urea groups is 1. The first-order valence-electron chi connectivity index (χ1n) is 9.41. The highest BCUT2D eigenvalue weighted by molar-refractivity contribution is 5.99. The van der Waals surface area contributed by atoms with Gasteiger partial charge in [0.1, 0.15) is 0 Å². The number of carbonyl (C=O) groups is 3. The lowest BCUT2D eigenvalue weighted by Crippen LogP contribution is -2.32. The fourth-order valence-electron chi connectivity index (χ4n) is 2.53. The Hall–Kier alpha value is -3.55. The van der Waals surface area contributed by atoms with Gasteiger partial charge in [-0.25, -0.2) is 9.59 Å². The Balaban J connectivity index is 1.77. The van der Waals surface area contributed by atoms with Crippen molar-refractivity contribution in [3.05, 3.63) is 60.2 Å². The van der Waals surface area contributed by atoms with E-state index in [1.165, 1.54) is 0 Å². The van der Waals surface area contributed by atoms with Crippen LogP contribution in [-0.4, -0.2) is 31.2 Å². The molecular formula is C21H26N4O4. The molecule has 0 heterocycles. The molecule has 0 aromatic heterocycles. The molecule has 2 rings (SSSR count). The van der Waals surface area contributed by atoms with Gasteiger partial charge in [-0.2, -0.15) is 0 Å². The van der Waals surface area contributed by atoms with Gasteiger partial charge < -0.3 is 26.0 Å². The van der Waals surface area contributed by atoms with E-state index in [0.717, 1.165) is 5.56 Å². The predicted octanol–water partition coefficient (Wildman–Crippen LogP) is 3.64. The van der Waals surface area contributed by atoms with Gasteiger partial charge in [-0.05, 0) is 43.7 Å². The number of hydrogen-bond donors (Lipinski definition) is 4. The zero-order chi connectivity index (χ0) is 21.1. The summed E-state index contributed by atoms with van der Waals surface area (Å²) >= 11 is 0. The first-order valence-corrected chi connectivity index (χ1v) is 9.41. The summed E-state index contributed by atoms with van der Waals surface area (Å²) in [4.78, 5) is 35.2. The number of ether oxygens (including phenoxy) is 1. The molecule has 29 heavy (non-hydrogen) atoms. The highest BCUT2D eigenvalue weighted by atomic mass is 16.5. The molecule has 0 fully saturated rings. The first kappa shape index (κ1) is 21.7. The molecule has 4 N–H and O–H groups in total. The van der Waals surface area contributed by atoms with E-state index in [1.807, 2.05) is 37.3 Å². The lowest BCUT2D eigenvalue weighted by atomic mass is 10.1. The topological polar surface area (TPSA) is 109 Å². The van der Waals surface area contributed by atoms with Crippen LogP contribution in [0.2, 0.25) is 0 Å². The van der Waals surface area contributed by atoms with Crippen molar-refractivity contribution in [3.8, 4) is 0 Å². The maximum atomic E-state index is 12.0. The first-order chi connectivity index (χ1) is 14.0. The average molecular weight is 398 g/mol. The van der Waals surface area contributed by atoms with Gasteiger partial charge in [0.2, 0.25) is 5.91 Å². The SMILES string of the molecule is CCOC(=O)NCCC(=O)N[C@@H](C)c1ccc(NC(=O)Nc2ccccc2)cc1. The number of amides is 4. The van der Waals surface area contributed by atoms with Crippen molar-refractivity contribution in [1.82, 2.24) is 10.6 Å². The van der Waals surface area contributed by atoms with Gasteiger partial charge in [0, 0.05) is 24.3 Å². The van der Waals surface area contributed by atoms with E-state index in [0.29, 0.717) is 11.4 Å². The molecule has 0 radical (unpaired) electrons. The number of para-hydroxylation sites is 1. The van der Waals surface area contributed by atoms with Crippen LogP contribution < -0.4 is 21.3 Å². The van der Waals surface area contributed by atoms with Gasteiger partial charge in [-0.15, -0.1) is 0 Å². The maximum absolute atomic E-state index is 12.0. The molecule has 0 bridgehead atoms. The third-order valence-electron chi connectivity index (χ3n) is 3.97. The molecule has 0 spiro atoms. The summed E-state index contributed by atoms with van der Waals surface area (Å²) in [6, 6.07) is 15.8. The van der Waals surface area contributed by atoms with E-state index in [9.17, 15) is 14.4 Å². The zero-order valence-electron chi connectivity index (χ0n) is 16.5. The molecule has 0 unspecified atom stereocenters. The molecule has 8 nitrogen and oxygen atoms in total. The summed E-state index contributed by atoms with van der Waals surface area (Å²) < 4.78 is 4.73. The second kappa shape index (κ2) is 11.3. The van der Waals surface area contributed by atoms with E-state index in [2.05, 4.69) is 21.3 Å². The molecular weight excluding hydrogens is 372 g/mol. The zero-order valence-corrected chi connectivity index (χ0v) is 16.5. The molecule has 1 atom stereocenters. The molecule has 0 aliphatic heterocycles. The third-order valence-corrected chi connectivity index (χ3v) is 3.97. The number of anilines is 2. The quantitative estimate of drug-likeness (QED) is 0.544. The van der Waals surface area contributed by atoms with Gasteiger partial charge in [-0.3, -0.25) is 4.79 Å². The minimum atomic E-state index is -0.535. The number of alkyl carbamates (subject to hydrolysis) is 1. The lowest BCUT2D eigenvalue weighted by molar-refractivity contribution is -0.121. The van der Waals surface area contributed by atoms with Crippen molar-refractivity contribution in [2.75, 3.05) is 23.8 Å². The molecule has 2 aromatic carbocycles. The fourth-order valence-corrected chi connectivity index (χ4v) is 2.53. The minimum Gasteiger partial charge on any atom is -0.450 e. The van der Waals surface area contributed by atoms with Crippen molar-refractivity contribution in [3.63, 3.8) is 0 Å². The maximum Gasteiger partial charge on any atom is 0.407 e. The van der Waals surface area contributed by atoms with Crippen LogP contribution in [0.1, 0.15) is 31.9 Å². The van der Waals surface area contributed by atoms with Crippen LogP contribution >= 0.6 is 0 Å². The summed E-state index contributed by atoms with van der Waals surface area (Å²) in [6.45, 7) is 4.07. The summed E-state index contributed by atoms with van der Waals surface area (Å²) in [7, 11) is 0. The van der Waals surface area contributed by atoms with Crippen LogP contribution in [0.3, 0.4) is 0 Å². The van der Waals surface area contributed by atoms with E-state index in [-0.39, 0.29) is 37.6 Å². The van der Waals surface area contributed by atoms with Crippen LogP contribution in [-0.2, 0) is 9.53 Å². The average Bonchev–Trinajstić information content (AvgIpc) is 2.69. The number of benzene rings is 2. The highest BCUT2D eigenvalue weighted by Crippen LogP contribution is 2.16. The highest BCUT2D eigenvalue weighted by Gasteiger charge is 2.11. The van der Waals surface area contributed by atoms with Crippen LogP contribution in [0.15, 0.2) is 54.6 Å². The minimum absolute atomic E-state index is 0.155. The standard InChI is InChI=1S/C21H26N4O4/c1-3-29-21(28)22-14-13-19(26)23-15(2)16-9-11-18(12-10-16)25-20(27)24-17-7-5-4-6-8-17/h4-12,15H,3,13-14H2,1-2H3,(H,22,28)(H,23,26)(H2,24,25,27)/t15-/m0/s1. The third kappa shape index (κ3) is 7.92. The molecule has 8 heteroatoms. The largest absolute Gasteiger partial charge is 0.450 e. The van der Waals surface area contributed by atoms with E-state index in [1.54, 1.807) is 31.2 Å². The Morgan fingerprint density at radius 3 is 2.17 bits per heavy atom. The number of nitrogens with one attached hydrogen (secondary N) is 4. The van der Waals surface area contributed by atoms with Crippen LogP contribution in [0.5, 0.6) is 0 Å². The smallest absolute Gasteiger partial charge is 0.407 e. The monoisotopic (exact) mass is 398 g/mol. The molecule has 0 saturated carbocycles. The summed E-state index contributed by atoms with van der Waals surface area (Å²) in [5, 5.41) is 10.9. The van der Waals surface area contributed by atoms with Gasteiger partial charge in [0.25, 0.3) is 0 Å². The second-order valence-corrected chi connectivity index (χ2v) is 6.25.